The van der Waals surface area contributed by atoms with Crippen molar-refractivity contribution in [3.8, 4) is 17.2 Å². The fourth-order valence-electron chi connectivity index (χ4n) is 4.06. The molecule has 4 aromatic rings. The van der Waals surface area contributed by atoms with Crippen LogP contribution in [0.4, 0.5) is 14.6 Å². The minimum atomic E-state index is -3.02. The average Bonchev–Trinajstić information content (AvgIpc) is 3.64. The summed E-state index contributed by atoms with van der Waals surface area (Å²) < 4.78 is 35.9. The van der Waals surface area contributed by atoms with Gasteiger partial charge in [0.15, 0.2) is 23.2 Å². The maximum Gasteiger partial charge on any atom is 0.262 e. The molecule has 5 rings (SSSR count). The summed E-state index contributed by atoms with van der Waals surface area (Å²) in [5, 5.41) is 24.1. The molecule has 1 saturated heterocycles. The van der Waals surface area contributed by atoms with E-state index in [0.717, 1.165) is 17.4 Å². The first-order chi connectivity index (χ1) is 18.2. The highest BCUT2D eigenvalue weighted by Gasteiger charge is 2.39. The molecule has 1 unspecified atom stereocenters. The SMILES string of the molecule is CNC(=O)[C@@H]1C[C@@H](O)C(n2cnc3c(NCC(C)(F)F)nc(-n4cc(-c5cccc(SC)c5)nn4)nc32)O1. The summed E-state index contributed by atoms with van der Waals surface area (Å²) >= 11 is 1.59. The predicted octanol–water partition coefficient (Wildman–Crippen LogP) is 2.26. The zero-order valence-electron chi connectivity index (χ0n) is 20.7. The largest absolute Gasteiger partial charge is 0.388 e. The highest BCUT2D eigenvalue weighted by molar-refractivity contribution is 7.98. The summed E-state index contributed by atoms with van der Waals surface area (Å²) in [6, 6.07) is 7.75. The molecule has 1 aromatic carbocycles. The molecule has 3 atom stereocenters. The van der Waals surface area contributed by atoms with E-state index in [4.69, 9.17) is 4.74 Å². The number of amides is 1. The number of halogens is 2. The number of aromatic nitrogens is 7. The molecule has 1 fully saturated rings. The highest BCUT2D eigenvalue weighted by Crippen LogP contribution is 2.33. The Hall–Kier alpha value is -3.69. The van der Waals surface area contributed by atoms with Crippen molar-refractivity contribution in [2.24, 2.45) is 0 Å². The first kappa shape index (κ1) is 25.9. The van der Waals surface area contributed by atoms with Gasteiger partial charge in [-0.05, 0) is 18.4 Å². The number of fused-ring (bicyclic) bond motifs is 1. The lowest BCUT2D eigenvalue weighted by Crippen LogP contribution is -2.31. The lowest BCUT2D eigenvalue weighted by Gasteiger charge is -2.17. The molecule has 3 aromatic heterocycles. The molecule has 0 radical (unpaired) electrons. The lowest BCUT2D eigenvalue weighted by molar-refractivity contribution is -0.134. The van der Waals surface area contributed by atoms with Crippen molar-refractivity contribution in [3.63, 3.8) is 0 Å². The molecule has 0 bridgehead atoms. The van der Waals surface area contributed by atoms with Crippen molar-refractivity contribution in [2.45, 2.75) is 42.6 Å². The molecule has 0 aliphatic carbocycles. The number of hydrogen-bond acceptors (Lipinski definition) is 10. The van der Waals surface area contributed by atoms with Crippen molar-refractivity contribution in [1.29, 1.82) is 0 Å². The van der Waals surface area contributed by atoms with E-state index < -0.39 is 30.9 Å². The third-order valence-corrected chi connectivity index (χ3v) is 6.67. The highest BCUT2D eigenvalue weighted by atomic mass is 32.2. The number of ether oxygens (including phenoxy) is 1. The molecule has 0 spiro atoms. The first-order valence-electron chi connectivity index (χ1n) is 11.7. The average molecular weight is 546 g/mol. The standard InChI is InChI=1S/C23H25F2N9O3S/c1-23(24,25)10-27-18-17-19(33(11-28-17)21-15(35)8-16(37-21)20(36)26-2)30-22(29-18)34-9-14(31-32-34)12-5-4-6-13(7-12)38-3/h4-7,9,11,15-16,21,35H,8,10H2,1-3H3,(H,26,36)(H,27,29,30)/t15-,16+,21?/m1/s1. The number of benzene rings is 1. The number of nitrogens with zero attached hydrogens (tertiary/aromatic N) is 7. The van der Waals surface area contributed by atoms with Gasteiger partial charge >= 0.3 is 0 Å². The van der Waals surface area contributed by atoms with E-state index in [1.807, 2.05) is 30.5 Å². The Morgan fingerprint density at radius 1 is 1.34 bits per heavy atom. The molecule has 0 saturated carbocycles. The molecule has 3 N–H and O–H groups in total. The van der Waals surface area contributed by atoms with Gasteiger partial charge in [0, 0.05) is 30.9 Å². The Balaban J connectivity index is 1.56. The second-order valence-electron chi connectivity index (χ2n) is 8.83. The molecular weight excluding hydrogens is 520 g/mol. The summed E-state index contributed by atoms with van der Waals surface area (Å²) in [6.45, 7) is 0.0861. The number of rotatable bonds is 8. The van der Waals surface area contributed by atoms with E-state index in [1.165, 1.54) is 22.6 Å². The van der Waals surface area contributed by atoms with Crippen LogP contribution in [0.1, 0.15) is 19.6 Å². The Labute approximate surface area is 219 Å². The van der Waals surface area contributed by atoms with Crippen LogP contribution < -0.4 is 10.6 Å². The van der Waals surface area contributed by atoms with E-state index in [2.05, 4.69) is 35.9 Å². The van der Waals surface area contributed by atoms with Crippen LogP contribution in [0.25, 0.3) is 28.4 Å². The van der Waals surface area contributed by atoms with Crippen molar-refractivity contribution in [3.05, 3.63) is 36.8 Å². The molecular formula is C23H25F2N9O3S. The number of thioether (sulfide) groups is 1. The van der Waals surface area contributed by atoms with E-state index >= 15 is 0 Å². The van der Waals surface area contributed by atoms with Gasteiger partial charge in [-0.15, -0.1) is 16.9 Å². The van der Waals surface area contributed by atoms with Gasteiger partial charge in [0.25, 0.3) is 11.9 Å². The maximum absolute atomic E-state index is 13.7. The van der Waals surface area contributed by atoms with Crippen molar-refractivity contribution >= 4 is 34.7 Å². The number of nitrogens with one attached hydrogen (secondary N) is 2. The minimum Gasteiger partial charge on any atom is -0.388 e. The van der Waals surface area contributed by atoms with Crippen LogP contribution in [-0.2, 0) is 9.53 Å². The number of hydrogen-bond donors (Lipinski definition) is 3. The van der Waals surface area contributed by atoms with Gasteiger partial charge in [0.1, 0.15) is 17.9 Å². The molecule has 1 amide bonds. The quantitative estimate of drug-likeness (QED) is 0.282. The van der Waals surface area contributed by atoms with Crippen LogP contribution in [0, 0.1) is 0 Å². The van der Waals surface area contributed by atoms with Crippen LogP contribution in [0.15, 0.2) is 41.7 Å². The van der Waals surface area contributed by atoms with Crippen LogP contribution in [-0.4, -0.2) is 83.5 Å². The normalized spacial score (nSPS) is 19.7. The zero-order chi connectivity index (χ0) is 27.0. The molecule has 38 heavy (non-hydrogen) atoms. The number of imidazole rings is 1. The molecule has 200 valence electrons. The number of likely N-dealkylation sites (N-methyl/N-ethyl adjacent to an activating group) is 1. The summed E-state index contributed by atoms with van der Waals surface area (Å²) in [6.07, 6.45) is 2.14. The second kappa shape index (κ2) is 10.2. The van der Waals surface area contributed by atoms with E-state index in [-0.39, 0.29) is 35.3 Å². The minimum absolute atomic E-state index is 0.0382. The number of carbonyl (C=O) groups excluding carboxylic acids is 1. The predicted molar refractivity (Wildman–Crippen MR) is 135 cm³/mol. The summed E-state index contributed by atoms with van der Waals surface area (Å²) in [5.74, 6) is -3.31. The lowest BCUT2D eigenvalue weighted by atomic mass is 10.2. The van der Waals surface area contributed by atoms with Crippen LogP contribution in [0.3, 0.4) is 0 Å². The Morgan fingerprint density at radius 2 is 2.16 bits per heavy atom. The number of alkyl halides is 2. The summed E-state index contributed by atoms with van der Waals surface area (Å²) in [7, 11) is 1.47. The molecule has 4 heterocycles. The topological polar surface area (TPSA) is 145 Å². The fourth-order valence-corrected chi connectivity index (χ4v) is 4.52. The molecule has 15 heteroatoms. The van der Waals surface area contributed by atoms with Gasteiger partial charge in [-0.1, -0.05) is 17.3 Å². The van der Waals surface area contributed by atoms with Crippen molar-refractivity contribution in [1.82, 2.24) is 39.8 Å². The Morgan fingerprint density at radius 3 is 2.89 bits per heavy atom. The molecule has 1 aliphatic heterocycles. The number of aliphatic hydroxyl groups is 1. The van der Waals surface area contributed by atoms with E-state index in [1.54, 1.807) is 18.0 Å². The fraction of sp³-hybridized carbons (Fsp3) is 0.391. The van der Waals surface area contributed by atoms with Crippen molar-refractivity contribution < 1.29 is 23.4 Å². The smallest absolute Gasteiger partial charge is 0.262 e. The Bertz CT molecular complexity index is 1470. The van der Waals surface area contributed by atoms with Gasteiger partial charge in [-0.25, -0.2) is 13.8 Å². The molecule has 12 nitrogen and oxygen atoms in total. The van der Waals surface area contributed by atoms with Gasteiger partial charge < -0.3 is 20.5 Å². The van der Waals surface area contributed by atoms with Gasteiger partial charge in [-0.2, -0.15) is 14.6 Å². The van der Waals surface area contributed by atoms with Crippen LogP contribution in [0.2, 0.25) is 0 Å². The van der Waals surface area contributed by atoms with Crippen LogP contribution in [0.5, 0.6) is 0 Å². The monoisotopic (exact) mass is 545 g/mol. The third kappa shape index (κ3) is 5.16. The van der Waals surface area contributed by atoms with Gasteiger partial charge in [-0.3, -0.25) is 9.36 Å². The van der Waals surface area contributed by atoms with E-state index in [9.17, 15) is 18.7 Å². The maximum atomic E-state index is 13.7. The summed E-state index contributed by atoms with van der Waals surface area (Å²) in [4.78, 5) is 26.3. The number of aliphatic hydroxyl groups excluding tert-OH is 1. The van der Waals surface area contributed by atoms with Crippen LogP contribution >= 0.6 is 11.8 Å². The zero-order valence-corrected chi connectivity index (χ0v) is 21.5. The Kier molecular flexibility index (Phi) is 6.98. The van der Waals surface area contributed by atoms with Gasteiger partial charge in [0.05, 0.1) is 19.1 Å². The number of anilines is 1. The second-order valence-corrected chi connectivity index (χ2v) is 9.71. The molecule has 1 aliphatic rings. The first-order valence-corrected chi connectivity index (χ1v) is 12.9. The van der Waals surface area contributed by atoms with Crippen molar-refractivity contribution in [2.75, 3.05) is 25.2 Å². The third-order valence-electron chi connectivity index (χ3n) is 5.94. The van der Waals surface area contributed by atoms with Gasteiger partial charge in [0.2, 0.25) is 5.91 Å². The van der Waals surface area contributed by atoms with E-state index in [0.29, 0.717) is 5.69 Å². The summed E-state index contributed by atoms with van der Waals surface area (Å²) in [5.41, 5.74) is 1.78. The number of carbonyl (C=O) groups is 1.